The van der Waals surface area contributed by atoms with Crippen LogP contribution in [0, 0.1) is 0 Å². The Balaban J connectivity index is 0.00000160. The number of piperidine rings is 1. The largest absolute Gasteiger partial charge is 0.374 e. The Morgan fingerprint density at radius 2 is 1.90 bits per heavy atom. The average Bonchev–Trinajstić information content (AvgIpc) is 3.05. The third kappa shape index (κ3) is 5.86. The second-order valence-corrected chi connectivity index (χ2v) is 7.80. The molecular formula is C21H33Cl2N5O2. The van der Waals surface area contributed by atoms with E-state index in [1.54, 1.807) is 4.68 Å². The minimum atomic E-state index is -0.00348. The molecule has 0 saturated carbocycles. The fourth-order valence-electron chi connectivity index (χ4n) is 4.33. The van der Waals surface area contributed by atoms with Gasteiger partial charge in [-0.05, 0) is 38.4 Å². The van der Waals surface area contributed by atoms with Crippen molar-refractivity contribution in [2.45, 2.75) is 51.4 Å². The summed E-state index contributed by atoms with van der Waals surface area (Å²) in [5.41, 5.74) is 1.31. The van der Waals surface area contributed by atoms with Gasteiger partial charge in [-0.15, -0.1) is 24.8 Å². The van der Waals surface area contributed by atoms with Crippen molar-refractivity contribution in [1.82, 2.24) is 24.6 Å². The monoisotopic (exact) mass is 457 g/mol. The quantitative estimate of drug-likeness (QED) is 0.720. The molecule has 0 aliphatic carbocycles. The standard InChI is InChI=1S/C21H31N5O2.2ClH/c1-2-25-20(18-8-10-22-11-9-18)23-26(21(25)27)16-19-15-24(12-13-28-19)14-17-6-4-3-5-7-17;;/h3-7,18-19,22H,2,8-16H2,1H3;2*1H. The van der Waals surface area contributed by atoms with Gasteiger partial charge in [0.05, 0.1) is 19.3 Å². The van der Waals surface area contributed by atoms with Gasteiger partial charge in [-0.25, -0.2) is 9.48 Å². The highest BCUT2D eigenvalue weighted by Crippen LogP contribution is 2.22. The molecule has 1 aromatic carbocycles. The van der Waals surface area contributed by atoms with Crippen molar-refractivity contribution in [3.05, 3.63) is 52.2 Å². The predicted octanol–water partition coefficient (Wildman–Crippen LogP) is 2.28. The van der Waals surface area contributed by atoms with Crippen LogP contribution < -0.4 is 11.0 Å². The lowest BCUT2D eigenvalue weighted by atomic mass is 9.97. The Hall–Kier alpha value is -1.38. The molecule has 2 aliphatic rings. The second-order valence-electron chi connectivity index (χ2n) is 7.80. The van der Waals surface area contributed by atoms with Gasteiger partial charge in [0.15, 0.2) is 0 Å². The van der Waals surface area contributed by atoms with Gasteiger partial charge < -0.3 is 10.1 Å². The normalized spacial score (nSPS) is 20.4. The van der Waals surface area contributed by atoms with Crippen molar-refractivity contribution >= 4 is 24.8 Å². The van der Waals surface area contributed by atoms with E-state index in [2.05, 4.69) is 34.5 Å². The molecule has 1 unspecified atom stereocenters. The highest BCUT2D eigenvalue weighted by Gasteiger charge is 2.26. The molecule has 1 N–H and O–H groups in total. The molecule has 3 heterocycles. The van der Waals surface area contributed by atoms with Crippen LogP contribution in [0.2, 0.25) is 0 Å². The SMILES string of the molecule is CCn1c(C2CCNCC2)nn(CC2CN(Cc3ccccc3)CCO2)c1=O.Cl.Cl. The van der Waals surface area contributed by atoms with Gasteiger partial charge in [-0.1, -0.05) is 30.3 Å². The number of halogens is 2. The number of ether oxygens (including phenoxy) is 1. The van der Waals surface area contributed by atoms with Gasteiger partial charge in [-0.3, -0.25) is 9.47 Å². The lowest BCUT2D eigenvalue weighted by Gasteiger charge is -2.32. The van der Waals surface area contributed by atoms with Crippen molar-refractivity contribution in [2.75, 3.05) is 32.8 Å². The second kappa shape index (κ2) is 11.9. The molecule has 0 radical (unpaired) electrons. The zero-order valence-electron chi connectivity index (χ0n) is 17.5. The van der Waals surface area contributed by atoms with Crippen molar-refractivity contribution in [2.24, 2.45) is 0 Å². The predicted molar refractivity (Wildman–Crippen MR) is 123 cm³/mol. The Morgan fingerprint density at radius 3 is 2.60 bits per heavy atom. The molecular weight excluding hydrogens is 425 g/mol. The molecule has 30 heavy (non-hydrogen) atoms. The summed E-state index contributed by atoms with van der Waals surface area (Å²) in [6.07, 6.45) is 2.08. The number of morpholine rings is 1. The molecule has 0 amide bonds. The zero-order valence-corrected chi connectivity index (χ0v) is 19.2. The van der Waals surface area contributed by atoms with Crippen LogP contribution in [0.1, 0.15) is 37.1 Å². The number of hydrogen-bond donors (Lipinski definition) is 1. The summed E-state index contributed by atoms with van der Waals surface area (Å²) in [4.78, 5) is 15.3. The third-order valence-electron chi connectivity index (χ3n) is 5.82. The van der Waals surface area contributed by atoms with Crippen molar-refractivity contribution in [3.63, 3.8) is 0 Å². The van der Waals surface area contributed by atoms with E-state index < -0.39 is 0 Å². The van der Waals surface area contributed by atoms with E-state index in [-0.39, 0.29) is 36.6 Å². The summed E-state index contributed by atoms with van der Waals surface area (Å²) in [5, 5.41) is 8.13. The van der Waals surface area contributed by atoms with Crippen LogP contribution in [0.15, 0.2) is 35.1 Å². The number of benzene rings is 1. The molecule has 2 aliphatic heterocycles. The average molecular weight is 458 g/mol. The molecule has 1 aromatic heterocycles. The summed E-state index contributed by atoms with van der Waals surface area (Å²) in [6, 6.07) is 10.5. The fraction of sp³-hybridized carbons (Fsp3) is 0.619. The van der Waals surface area contributed by atoms with Crippen LogP contribution in [0.4, 0.5) is 0 Å². The fourth-order valence-corrected chi connectivity index (χ4v) is 4.33. The zero-order chi connectivity index (χ0) is 19.3. The van der Waals surface area contributed by atoms with Crippen molar-refractivity contribution in [3.8, 4) is 0 Å². The van der Waals surface area contributed by atoms with Crippen LogP contribution in [0.25, 0.3) is 0 Å². The van der Waals surface area contributed by atoms with Gasteiger partial charge in [0.2, 0.25) is 0 Å². The molecule has 2 fully saturated rings. The lowest BCUT2D eigenvalue weighted by Crippen LogP contribution is -2.45. The highest BCUT2D eigenvalue weighted by molar-refractivity contribution is 5.85. The van der Waals surface area contributed by atoms with E-state index in [0.717, 1.165) is 51.4 Å². The van der Waals surface area contributed by atoms with Crippen LogP contribution in [-0.4, -0.2) is 58.1 Å². The molecule has 4 rings (SSSR count). The molecule has 168 valence electrons. The molecule has 9 heteroatoms. The van der Waals surface area contributed by atoms with E-state index in [1.165, 1.54) is 5.56 Å². The van der Waals surface area contributed by atoms with Crippen LogP contribution in [-0.2, 0) is 24.4 Å². The molecule has 7 nitrogen and oxygen atoms in total. The summed E-state index contributed by atoms with van der Waals surface area (Å²) in [5.74, 6) is 1.32. The maximum absolute atomic E-state index is 12.9. The first kappa shape index (κ1) is 24.9. The summed E-state index contributed by atoms with van der Waals surface area (Å²) in [6.45, 7) is 8.56. The first-order chi connectivity index (χ1) is 13.7. The van der Waals surface area contributed by atoms with Crippen LogP contribution in [0.5, 0.6) is 0 Å². The highest BCUT2D eigenvalue weighted by atomic mass is 35.5. The number of nitrogens with one attached hydrogen (secondary N) is 1. The summed E-state index contributed by atoms with van der Waals surface area (Å²) >= 11 is 0. The molecule has 2 aromatic rings. The van der Waals surface area contributed by atoms with Crippen LogP contribution in [0.3, 0.4) is 0 Å². The van der Waals surface area contributed by atoms with Crippen molar-refractivity contribution in [1.29, 1.82) is 0 Å². The molecule has 0 bridgehead atoms. The van der Waals surface area contributed by atoms with E-state index in [1.807, 2.05) is 17.6 Å². The Kier molecular flexibility index (Phi) is 9.84. The van der Waals surface area contributed by atoms with Gasteiger partial charge in [0.1, 0.15) is 5.82 Å². The minimum Gasteiger partial charge on any atom is -0.374 e. The molecule has 2 saturated heterocycles. The summed E-state index contributed by atoms with van der Waals surface area (Å²) < 4.78 is 9.46. The van der Waals surface area contributed by atoms with Gasteiger partial charge in [0, 0.05) is 32.1 Å². The van der Waals surface area contributed by atoms with E-state index in [4.69, 9.17) is 9.84 Å². The lowest BCUT2D eigenvalue weighted by molar-refractivity contribution is -0.0407. The molecule has 1 atom stereocenters. The first-order valence-corrected chi connectivity index (χ1v) is 10.5. The smallest absolute Gasteiger partial charge is 0.346 e. The van der Waals surface area contributed by atoms with E-state index in [0.29, 0.717) is 25.6 Å². The molecule has 0 spiro atoms. The van der Waals surface area contributed by atoms with Gasteiger partial charge in [-0.2, -0.15) is 5.10 Å². The summed E-state index contributed by atoms with van der Waals surface area (Å²) in [7, 11) is 0. The van der Waals surface area contributed by atoms with E-state index in [9.17, 15) is 4.79 Å². The van der Waals surface area contributed by atoms with Crippen molar-refractivity contribution < 1.29 is 4.74 Å². The number of aromatic nitrogens is 3. The maximum atomic E-state index is 12.9. The Labute approximate surface area is 190 Å². The van der Waals surface area contributed by atoms with Gasteiger partial charge >= 0.3 is 5.69 Å². The topological polar surface area (TPSA) is 64.3 Å². The number of rotatable bonds is 6. The van der Waals surface area contributed by atoms with Gasteiger partial charge in [0.25, 0.3) is 0 Å². The minimum absolute atomic E-state index is 0. The Bertz CT molecular complexity index is 821. The maximum Gasteiger partial charge on any atom is 0.346 e. The van der Waals surface area contributed by atoms with Crippen LogP contribution >= 0.6 is 24.8 Å². The van der Waals surface area contributed by atoms with E-state index >= 15 is 0 Å². The Morgan fingerprint density at radius 1 is 1.17 bits per heavy atom. The number of hydrogen-bond acceptors (Lipinski definition) is 5. The third-order valence-corrected chi connectivity index (χ3v) is 5.82. The number of nitrogens with zero attached hydrogens (tertiary/aromatic N) is 4. The first-order valence-electron chi connectivity index (χ1n) is 10.5.